The molecule has 1 fully saturated rings. The number of methoxy groups -OCH3 is 1. The van der Waals surface area contributed by atoms with E-state index in [0.29, 0.717) is 25.7 Å². The van der Waals surface area contributed by atoms with Crippen molar-refractivity contribution in [1.29, 1.82) is 0 Å². The molecular weight excluding hydrogens is 501 g/mol. The van der Waals surface area contributed by atoms with Gasteiger partial charge in [-0.05, 0) is 36.5 Å². The summed E-state index contributed by atoms with van der Waals surface area (Å²) in [7, 11) is 5.31. The third kappa shape index (κ3) is 3.69. The summed E-state index contributed by atoms with van der Waals surface area (Å²) in [6.07, 6.45) is 1.66. The maximum Gasteiger partial charge on any atom is 0.284 e. The Morgan fingerprint density at radius 1 is 1.09 bits per heavy atom. The number of fused-ring (bicyclic) bond motifs is 1. The highest BCUT2D eigenvalue weighted by molar-refractivity contribution is 8.08. The minimum absolute atomic E-state index is 0.170. The summed E-state index contributed by atoms with van der Waals surface area (Å²) in [6, 6.07) is 15.1. The average Bonchev–Trinajstić information content (AvgIpc) is 3.43. The Kier molecular flexibility index (Phi) is 6.04. The zero-order valence-corrected chi connectivity index (χ0v) is 21.8. The number of carbonyl (C=O) groups is 1. The number of nitrogens with zero attached hydrogens (tertiary/aromatic N) is 4. The van der Waals surface area contributed by atoms with Crippen LogP contribution in [0.5, 0.6) is 5.75 Å². The van der Waals surface area contributed by atoms with Gasteiger partial charge >= 0.3 is 0 Å². The van der Waals surface area contributed by atoms with Gasteiger partial charge in [0.15, 0.2) is 5.11 Å². The lowest BCUT2D eigenvalue weighted by molar-refractivity contribution is -0.112. The number of aromatic nitrogens is 1. The van der Waals surface area contributed by atoms with Gasteiger partial charge in [-0.25, -0.2) is 0 Å². The fraction of sp³-hybridized carbons (Fsp3) is 0.160. The number of amides is 1. The number of thiocarbonyl (C=S) groups is 1. The Balaban J connectivity index is 1.74. The molecular formula is C25H22N4O3S3. The van der Waals surface area contributed by atoms with Crippen LogP contribution in [0.25, 0.3) is 10.7 Å². The maximum absolute atomic E-state index is 13.6. The predicted molar refractivity (Wildman–Crippen MR) is 146 cm³/mol. The smallest absolute Gasteiger partial charge is 0.284 e. The van der Waals surface area contributed by atoms with E-state index in [0.717, 1.165) is 21.4 Å². The molecule has 0 saturated carbocycles. The Labute approximate surface area is 215 Å². The van der Waals surface area contributed by atoms with E-state index in [9.17, 15) is 9.59 Å². The molecule has 5 rings (SSSR count). The van der Waals surface area contributed by atoms with E-state index in [1.807, 2.05) is 60.5 Å². The zero-order chi connectivity index (χ0) is 24.9. The van der Waals surface area contributed by atoms with Crippen molar-refractivity contribution < 1.29 is 9.53 Å². The second-order valence-electron chi connectivity index (χ2n) is 7.91. The first kappa shape index (κ1) is 23.4. The number of benzene rings is 2. The number of ether oxygens (including phenoxy) is 1. The highest BCUT2D eigenvalue weighted by Gasteiger charge is 2.39. The van der Waals surface area contributed by atoms with Gasteiger partial charge in [-0.3, -0.25) is 19.1 Å². The molecule has 1 aromatic heterocycles. The summed E-state index contributed by atoms with van der Waals surface area (Å²) in [6.45, 7) is 4.09. The van der Waals surface area contributed by atoms with E-state index < -0.39 is 0 Å². The van der Waals surface area contributed by atoms with Crippen LogP contribution in [-0.4, -0.2) is 41.7 Å². The third-order valence-electron chi connectivity index (χ3n) is 5.86. The molecule has 0 bridgehead atoms. The second kappa shape index (κ2) is 9.03. The molecule has 2 aliphatic rings. The first-order valence-electron chi connectivity index (χ1n) is 10.7. The molecule has 0 unspecified atom stereocenters. The third-order valence-corrected chi connectivity index (χ3v) is 8.87. The Morgan fingerprint density at radius 2 is 1.83 bits per heavy atom. The largest absolute Gasteiger partial charge is 0.497 e. The molecule has 7 nitrogen and oxygen atoms in total. The van der Waals surface area contributed by atoms with Crippen LogP contribution in [-0.2, 0) is 11.3 Å². The lowest BCUT2D eigenvalue weighted by Gasteiger charge is -2.16. The van der Waals surface area contributed by atoms with Crippen LogP contribution in [0.4, 0.5) is 11.4 Å². The quantitative estimate of drug-likeness (QED) is 0.386. The predicted octanol–water partition coefficient (Wildman–Crippen LogP) is 2.78. The van der Waals surface area contributed by atoms with Crippen LogP contribution >= 0.6 is 35.3 Å². The standard InChI is InChI=1S/C25H22N4O3S3/c1-5-13-28-22(31)20(24-26(2)17-14-16(32-4)11-12-18(17)34-24)35-23(28)19-21(30)29(25(33)27(19)3)15-9-7-6-8-10-15/h5-12,14H,1,13H2,2-4H3/b23-19-,24-20-. The molecule has 0 spiro atoms. The first-order chi connectivity index (χ1) is 16.9. The minimum Gasteiger partial charge on any atom is -0.497 e. The highest BCUT2D eigenvalue weighted by atomic mass is 32.2. The van der Waals surface area contributed by atoms with Crippen molar-refractivity contribution in [2.45, 2.75) is 11.4 Å². The van der Waals surface area contributed by atoms with E-state index >= 15 is 0 Å². The van der Waals surface area contributed by atoms with Gasteiger partial charge in [0, 0.05) is 31.6 Å². The summed E-state index contributed by atoms with van der Waals surface area (Å²) in [5, 5.41) is 1.17. The molecule has 178 valence electrons. The maximum atomic E-state index is 13.6. The van der Waals surface area contributed by atoms with Crippen molar-refractivity contribution in [3.63, 3.8) is 0 Å². The molecule has 35 heavy (non-hydrogen) atoms. The molecule has 1 saturated heterocycles. The van der Waals surface area contributed by atoms with Crippen LogP contribution < -0.4 is 29.3 Å². The number of carbonyl (C=O) groups excluding carboxylic acids is 1. The fourth-order valence-corrected chi connectivity index (χ4v) is 6.88. The van der Waals surface area contributed by atoms with E-state index in [-0.39, 0.29) is 18.0 Å². The number of allylic oxidation sites excluding steroid dienone is 1. The molecule has 2 aromatic carbocycles. The SMILES string of the molecule is C=CCn1c(=O)/c(=C2/Sc3ccc(OC)cc3N2C)s/c1=C1/C(=O)N(c2ccccc2)C(=S)N1C. The zero-order valence-electron chi connectivity index (χ0n) is 19.3. The Morgan fingerprint density at radius 3 is 2.51 bits per heavy atom. The van der Waals surface area contributed by atoms with E-state index in [1.165, 1.54) is 28.0 Å². The summed E-state index contributed by atoms with van der Waals surface area (Å²) in [5.74, 6) is 0.483. The molecule has 0 atom stereocenters. The average molecular weight is 523 g/mol. The molecule has 0 N–H and O–H groups in total. The molecule has 0 radical (unpaired) electrons. The normalized spacial score (nSPS) is 18.4. The summed E-state index contributed by atoms with van der Waals surface area (Å²) >= 11 is 8.45. The first-order valence-corrected chi connectivity index (χ1v) is 12.8. The Bertz CT molecular complexity index is 1560. The molecule has 3 heterocycles. The van der Waals surface area contributed by atoms with Crippen LogP contribution in [0.3, 0.4) is 0 Å². The number of rotatable bonds is 4. The van der Waals surface area contributed by atoms with E-state index in [4.69, 9.17) is 17.0 Å². The van der Waals surface area contributed by atoms with Gasteiger partial charge in [-0.15, -0.1) is 17.9 Å². The van der Waals surface area contributed by atoms with Gasteiger partial charge in [0.2, 0.25) is 0 Å². The number of anilines is 2. The van der Waals surface area contributed by atoms with Crippen LogP contribution in [0.2, 0.25) is 0 Å². The second-order valence-corrected chi connectivity index (χ2v) is 10.3. The number of para-hydroxylation sites is 1. The fourth-order valence-electron chi connectivity index (χ4n) is 4.09. The number of hydrogen-bond acceptors (Lipinski definition) is 7. The number of thioether (sulfide) groups is 1. The molecule has 0 aliphatic carbocycles. The van der Waals surface area contributed by atoms with Gasteiger partial charge in [0.1, 0.15) is 25.7 Å². The molecule has 1 amide bonds. The summed E-state index contributed by atoms with van der Waals surface area (Å²) < 4.78 is 8.08. The highest BCUT2D eigenvalue weighted by Crippen LogP contribution is 2.46. The summed E-state index contributed by atoms with van der Waals surface area (Å²) in [5.41, 5.74) is 1.85. The molecule has 3 aromatic rings. The van der Waals surface area contributed by atoms with Crippen LogP contribution in [0.1, 0.15) is 0 Å². The van der Waals surface area contributed by atoms with Crippen LogP contribution in [0, 0.1) is 0 Å². The number of likely N-dealkylation sites (N-methyl/N-ethyl adjacent to an activating group) is 1. The van der Waals surface area contributed by atoms with Gasteiger partial charge in [0.25, 0.3) is 11.5 Å². The van der Waals surface area contributed by atoms with Gasteiger partial charge < -0.3 is 14.5 Å². The van der Waals surface area contributed by atoms with Crippen molar-refractivity contribution in [3.8, 4) is 5.75 Å². The number of hydrogen-bond donors (Lipinski definition) is 0. The van der Waals surface area contributed by atoms with Crippen molar-refractivity contribution >= 4 is 68.4 Å². The monoisotopic (exact) mass is 522 g/mol. The van der Waals surface area contributed by atoms with Crippen molar-refractivity contribution in [2.24, 2.45) is 0 Å². The summed E-state index contributed by atoms with van der Waals surface area (Å²) in [4.78, 5) is 33.5. The molecule has 2 aliphatic heterocycles. The lowest BCUT2D eigenvalue weighted by Crippen LogP contribution is -2.35. The van der Waals surface area contributed by atoms with Gasteiger partial charge in [-0.1, -0.05) is 36.0 Å². The topological polar surface area (TPSA) is 58.0 Å². The number of thiazole rings is 1. The van der Waals surface area contributed by atoms with Crippen molar-refractivity contribution in [2.75, 3.05) is 31.0 Å². The molecule has 10 heteroatoms. The van der Waals surface area contributed by atoms with Crippen LogP contribution in [0.15, 0.2) is 70.9 Å². The van der Waals surface area contributed by atoms with Gasteiger partial charge in [0.05, 0.1) is 18.5 Å². The Hall–Kier alpha value is -3.34. The minimum atomic E-state index is -0.264. The lowest BCUT2D eigenvalue weighted by atomic mass is 10.3. The van der Waals surface area contributed by atoms with E-state index in [2.05, 4.69) is 6.58 Å². The van der Waals surface area contributed by atoms with E-state index in [1.54, 1.807) is 29.7 Å². The van der Waals surface area contributed by atoms with Crippen molar-refractivity contribution in [1.82, 2.24) is 9.47 Å². The van der Waals surface area contributed by atoms with Crippen molar-refractivity contribution in [3.05, 3.63) is 80.7 Å². The van der Waals surface area contributed by atoms with Gasteiger partial charge in [-0.2, -0.15) is 0 Å².